The first kappa shape index (κ1) is 24.0. The van der Waals surface area contributed by atoms with E-state index in [0.29, 0.717) is 12.1 Å². The van der Waals surface area contributed by atoms with Crippen molar-refractivity contribution in [2.24, 2.45) is 0 Å². The molecule has 9 heteroatoms. The molecule has 3 aromatic rings. The maximum Gasteiger partial charge on any atom is 0.407 e. The van der Waals surface area contributed by atoms with Crippen molar-refractivity contribution in [1.82, 2.24) is 20.6 Å². The van der Waals surface area contributed by atoms with Crippen LogP contribution in [0.25, 0.3) is 11.1 Å². The lowest BCUT2D eigenvalue weighted by molar-refractivity contribution is -0.137. The number of carboxylic acid groups (broad SMARTS) is 1. The lowest BCUT2D eigenvalue weighted by Crippen LogP contribution is -2.51. The monoisotopic (exact) mass is 476 g/mol. The Hall–Kier alpha value is -4.14. The molecule has 0 spiro atoms. The number of hydrogen-bond acceptors (Lipinski definition) is 5. The van der Waals surface area contributed by atoms with Crippen LogP contribution in [0.1, 0.15) is 42.5 Å². The molecule has 2 atom stereocenters. The van der Waals surface area contributed by atoms with E-state index in [4.69, 9.17) is 9.84 Å². The number of aromatic amines is 1. The van der Waals surface area contributed by atoms with Crippen molar-refractivity contribution in [3.8, 4) is 11.1 Å². The number of H-pyrrole nitrogens is 1. The Morgan fingerprint density at radius 1 is 1.06 bits per heavy atom. The van der Waals surface area contributed by atoms with Crippen LogP contribution in [0.4, 0.5) is 4.79 Å². The highest BCUT2D eigenvalue weighted by Crippen LogP contribution is 2.44. The number of carbonyl (C=O) groups excluding carboxylic acids is 2. The molecule has 0 radical (unpaired) electrons. The summed E-state index contributed by atoms with van der Waals surface area (Å²) in [5.41, 5.74) is 5.08. The quantitative estimate of drug-likeness (QED) is 0.355. The van der Waals surface area contributed by atoms with Crippen LogP contribution >= 0.6 is 0 Å². The van der Waals surface area contributed by atoms with Gasteiger partial charge in [0.2, 0.25) is 5.91 Å². The summed E-state index contributed by atoms with van der Waals surface area (Å²) < 4.78 is 5.59. The third-order valence-corrected chi connectivity index (χ3v) is 6.19. The molecule has 1 heterocycles. The smallest absolute Gasteiger partial charge is 0.407 e. The van der Waals surface area contributed by atoms with Gasteiger partial charge in [-0.25, -0.2) is 9.78 Å². The summed E-state index contributed by atoms with van der Waals surface area (Å²) in [6.45, 7) is 1.91. The minimum absolute atomic E-state index is 0.104. The van der Waals surface area contributed by atoms with Gasteiger partial charge in [0.25, 0.3) is 0 Å². The topological polar surface area (TPSA) is 133 Å². The molecule has 4 N–H and O–H groups in total. The number of hydrogen-bond donors (Lipinski definition) is 4. The molecule has 9 nitrogen and oxygen atoms in total. The van der Waals surface area contributed by atoms with Gasteiger partial charge >= 0.3 is 12.1 Å². The largest absolute Gasteiger partial charge is 0.481 e. The van der Waals surface area contributed by atoms with E-state index in [9.17, 15) is 14.4 Å². The average Bonchev–Trinajstić information content (AvgIpc) is 3.47. The molecule has 0 fully saturated rings. The Balaban J connectivity index is 1.43. The summed E-state index contributed by atoms with van der Waals surface area (Å²) in [5.74, 6) is -1.60. The van der Waals surface area contributed by atoms with E-state index >= 15 is 0 Å². The van der Waals surface area contributed by atoms with Crippen LogP contribution in [0.3, 0.4) is 0 Å². The zero-order valence-corrected chi connectivity index (χ0v) is 19.4. The van der Waals surface area contributed by atoms with Gasteiger partial charge in [0.1, 0.15) is 12.6 Å². The number of carbonyl (C=O) groups is 3. The summed E-state index contributed by atoms with van der Waals surface area (Å²) in [7, 11) is 0. The van der Waals surface area contributed by atoms with E-state index in [1.54, 1.807) is 13.1 Å². The number of amides is 2. The van der Waals surface area contributed by atoms with Gasteiger partial charge in [-0.05, 0) is 28.7 Å². The molecule has 0 bridgehead atoms. The fourth-order valence-corrected chi connectivity index (χ4v) is 4.42. The first-order valence-corrected chi connectivity index (χ1v) is 11.6. The van der Waals surface area contributed by atoms with Crippen molar-refractivity contribution >= 4 is 18.0 Å². The number of ether oxygens (including phenoxy) is 1. The zero-order valence-electron chi connectivity index (χ0n) is 19.4. The van der Waals surface area contributed by atoms with E-state index < -0.39 is 30.1 Å². The summed E-state index contributed by atoms with van der Waals surface area (Å²) >= 11 is 0. The normalized spacial score (nSPS) is 13.9. The number of aromatic nitrogens is 2. The van der Waals surface area contributed by atoms with Crippen LogP contribution in [0.2, 0.25) is 0 Å². The van der Waals surface area contributed by atoms with Gasteiger partial charge in [-0.2, -0.15) is 0 Å². The van der Waals surface area contributed by atoms with Crippen LogP contribution in [0, 0.1) is 0 Å². The molecule has 0 saturated carbocycles. The molecular formula is C26H28N4O5. The Labute approximate surface area is 202 Å². The lowest BCUT2D eigenvalue weighted by Gasteiger charge is -2.22. The number of benzene rings is 2. The standard InChI is InChI=1S/C26H28N4O5/c1-2-16(12-24(31)32)29-25(33)23(11-17-13-27-15-28-17)30-26(34)35-14-22-20-9-5-3-7-18(20)19-8-4-6-10-21(19)22/h3-10,13,15-16,22-23H,2,11-12,14H2,1H3,(H,27,28)(H,29,33)(H,30,34)(H,31,32)/t16-,23?/m0/s1. The molecule has 35 heavy (non-hydrogen) atoms. The number of aliphatic carboxylic acids is 1. The number of alkyl carbamates (subject to hydrolysis) is 1. The van der Waals surface area contributed by atoms with Crippen molar-refractivity contribution in [1.29, 1.82) is 0 Å². The highest BCUT2D eigenvalue weighted by Gasteiger charge is 2.30. The average molecular weight is 477 g/mol. The van der Waals surface area contributed by atoms with Gasteiger partial charge in [0.15, 0.2) is 0 Å². The summed E-state index contributed by atoms with van der Waals surface area (Å²) in [6.07, 6.45) is 2.71. The molecule has 1 aliphatic rings. The summed E-state index contributed by atoms with van der Waals surface area (Å²) in [6, 6.07) is 14.6. The third-order valence-electron chi connectivity index (χ3n) is 6.19. The molecule has 1 aliphatic carbocycles. The van der Waals surface area contributed by atoms with Gasteiger partial charge in [-0.1, -0.05) is 55.5 Å². The molecule has 0 aliphatic heterocycles. The molecule has 0 saturated heterocycles. The van der Waals surface area contributed by atoms with Crippen molar-refractivity contribution in [3.63, 3.8) is 0 Å². The molecular weight excluding hydrogens is 448 g/mol. The SMILES string of the molecule is CC[C@@H](CC(=O)O)NC(=O)C(Cc1cnc[nH]1)NC(=O)OCC1c2ccccc2-c2ccccc21. The number of nitrogens with one attached hydrogen (secondary N) is 3. The van der Waals surface area contributed by atoms with Crippen molar-refractivity contribution in [2.75, 3.05) is 6.61 Å². The second-order valence-corrected chi connectivity index (χ2v) is 8.52. The lowest BCUT2D eigenvalue weighted by atomic mass is 9.98. The fraction of sp³-hybridized carbons (Fsp3) is 0.308. The van der Waals surface area contributed by atoms with Crippen molar-refractivity contribution < 1.29 is 24.2 Å². The van der Waals surface area contributed by atoms with Crippen molar-refractivity contribution in [2.45, 2.75) is 44.2 Å². The second kappa shape index (κ2) is 10.9. The molecule has 2 amide bonds. The van der Waals surface area contributed by atoms with Gasteiger partial charge in [-0.15, -0.1) is 0 Å². The highest BCUT2D eigenvalue weighted by atomic mass is 16.5. The predicted molar refractivity (Wildman–Crippen MR) is 129 cm³/mol. The molecule has 4 rings (SSSR count). The molecule has 182 valence electrons. The number of imidazole rings is 1. The van der Waals surface area contributed by atoms with E-state index in [2.05, 4.69) is 32.7 Å². The minimum atomic E-state index is -1.01. The number of carboxylic acids is 1. The first-order valence-electron chi connectivity index (χ1n) is 11.6. The predicted octanol–water partition coefficient (Wildman–Crippen LogP) is 3.23. The maximum absolute atomic E-state index is 12.9. The second-order valence-electron chi connectivity index (χ2n) is 8.52. The van der Waals surface area contributed by atoms with Gasteiger partial charge in [0, 0.05) is 30.3 Å². The van der Waals surface area contributed by atoms with Crippen LogP contribution in [-0.4, -0.2) is 51.7 Å². The zero-order chi connectivity index (χ0) is 24.8. The molecule has 1 aromatic heterocycles. The van der Waals surface area contributed by atoms with E-state index in [1.807, 2.05) is 36.4 Å². The highest BCUT2D eigenvalue weighted by molar-refractivity contribution is 5.86. The minimum Gasteiger partial charge on any atom is -0.481 e. The van der Waals surface area contributed by atoms with E-state index in [-0.39, 0.29) is 25.4 Å². The Bertz CT molecular complexity index is 1150. The Kier molecular flexibility index (Phi) is 7.45. The van der Waals surface area contributed by atoms with E-state index in [1.165, 1.54) is 6.33 Å². The van der Waals surface area contributed by atoms with Crippen LogP contribution in [0.5, 0.6) is 0 Å². The van der Waals surface area contributed by atoms with Crippen LogP contribution < -0.4 is 10.6 Å². The summed E-state index contributed by atoms with van der Waals surface area (Å²) in [4.78, 5) is 43.7. The van der Waals surface area contributed by atoms with Crippen LogP contribution in [0.15, 0.2) is 61.1 Å². The number of nitrogens with zero attached hydrogens (tertiary/aromatic N) is 1. The Morgan fingerprint density at radius 2 is 1.71 bits per heavy atom. The van der Waals surface area contributed by atoms with Crippen molar-refractivity contribution in [3.05, 3.63) is 77.9 Å². The first-order chi connectivity index (χ1) is 17.0. The van der Waals surface area contributed by atoms with Gasteiger partial charge in [0.05, 0.1) is 12.7 Å². The maximum atomic E-state index is 12.9. The Morgan fingerprint density at radius 3 is 2.29 bits per heavy atom. The van der Waals surface area contributed by atoms with Crippen LogP contribution in [-0.2, 0) is 20.7 Å². The van der Waals surface area contributed by atoms with Gasteiger partial charge in [-0.3, -0.25) is 9.59 Å². The summed E-state index contributed by atoms with van der Waals surface area (Å²) in [5, 5.41) is 14.4. The van der Waals surface area contributed by atoms with Gasteiger partial charge < -0.3 is 25.5 Å². The number of rotatable bonds is 10. The van der Waals surface area contributed by atoms with E-state index in [0.717, 1.165) is 22.3 Å². The number of fused-ring (bicyclic) bond motifs is 3. The fourth-order valence-electron chi connectivity index (χ4n) is 4.42. The molecule has 1 unspecified atom stereocenters. The molecule has 2 aromatic carbocycles. The third kappa shape index (κ3) is 5.68.